The van der Waals surface area contributed by atoms with E-state index in [1.807, 2.05) is 30.3 Å². The smallest absolute Gasteiger partial charge is 0.247 e. The lowest BCUT2D eigenvalue weighted by Gasteiger charge is -2.07. The van der Waals surface area contributed by atoms with Gasteiger partial charge in [0.25, 0.3) is 0 Å². The summed E-state index contributed by atoms with van der Waals surface area (Å²) in [6.07, 6.45) is 2.73. The fraction of sp³-hybridized carbons (Fsp3) is 0.100. The maximum absolute atomic E-state index is 12.0. The number of hydrogen-bond donors (Lipinski definition) is 2. The van der Waals surface area contributed by atoms with Gasteiger partial charge in [-0.3, -0.25) is 9.59 Å². The molecule has 0 aliphatic carbocycles. The molecule has 0 aliphatic heterocycles. The Balaban J connectivity index is 1.57. The van der Waals surface area contributed by atoms with E-state index in [1.54, 1.807) is 30.5 Å². The normalized spacial score (nSPS) is 10.4. The predicted octanol–water partition coefficient (Wildman–Crippen LogP) is 4.27. The second-order valence-corrected chi connectivity index (χ2v) is 6.13. The Morgan fingerprint density at radius 3 is 2.44 bits per heavy atom. The molecule has 2 N–H and O–H groups in total. The first-order chi connectivity index (χ1) is 12.1. The number of anilines is 1. The van der Waals surface area contributed by atoms with Crippen LogP contribution >= 0.6 is 11.6 Å². The van der Waals surface area contributed by atoms with Crippen molar-refractivity contribution in [1.29, 1.82) is 0 Å². The highest BCUT2D eigenvalue weighted by atomic mass is 35.5. The van der Waals surface area contributed by atoms with Gasteiger partial charge in [-0.05, 0) is 47.4 Å². The van der Waals surface area contributed by atoms with Gasteiger partial charge in [0.1, 0.15) is 0 Å². The first kappa shape index (κ1) is 17.0. The van der Waals surface area contributed by atoms with Crippen molar-refractivity contribution in [3.63, 3.8) is 0 Å². The van der Waals surface area contributed by atoms with E-state index < -0.39 is 0 Å². The molecule has 126 valence electrons. The number of aromatic amines is 1. The highest BCUT2D eigenvalue weighted by Gasteiger charge is 2.04. The number of benzene rings is 2. The zero-order valence-corrected chi connectivity index (χ0v) is 14.2. The highest BCUT2D eigenvalue weighted by Crippen LogP contribution is 2.19. The van der Waals surface area contributed by atoms with Crippen molar-refractivity contribution < 1.29 is 4.79 Å². The van der Waals surface area contributed by atoms with Gasteiger partial charge in [0.15, 0.2) is 0 Å². The third-order valence-electron chi connectivity index (χ3n) is 3.82. The van der Waals surface area contributed by atoms with Crippen molar-refractivity contribution in [3.05, 3.63) is 87.8 Å². The summed E-state index contributed by atoms with van der Waals surface area (Å²) in [5, 5.41) is 3.43. The molecule has 1 aromatic heterocycles. The number of amides is 1. The van der Waals surface area contributed by atoms with E-state index in [0.29, 0.717) is 23.6 Å². The number of halogens is 1. The fourth-order valence-electron chi connectivity index (χ4n) is 2.50. The number of aromatic nitrogens is 1. The van der Waals surface area contributed by atoms with Crippen LogP contribution in [-0.2, 0) is 11.2 Å². The zero-order chi connectivity index (χ0) is 17.6. The molecule has 1 amide bonds. The van der Waals surface area contributed by atoms with Crippen LogP contribution in [0.5, 0.6) is 0 Å². The Kier molecular flexibility index (Phi) is 5.31. The molecule has 0 atom stereocenters. The molecule has 0 fully saturated rings. The first-order valence-corrected chi connectivity index (χ1v) is 8.31. The molecule has 0 radical (unpaired) electrons. The van der Waals surface area contributed by atoms with Gasteiger partial charge in [-0.2, -0.15) is 0 Å². The third-order valence-corrected chi connectivity index (χ3v) is 4.06. The molecule has 0 unspecified atom stereocenters. The minimum Gasteiger partial charge on any atom is -0.328 e. The Hall–Kier alpha value is -2.85. The molecule has 3 aromatic rings. The van der Waals surface area contributed by atoms with Crippen LogP contribution in [0.25, 0.3) is 11.1 Å². The average molecular weight is 353 g/mol. The topological polar surface area (TPSA) is 62.0 Å². The number of nitrogens with one attached hydrogen (secondary N) is 2. The minimum absolute atomic E-state index is 0.0491. The van der Waals surface area contributed by atoms with Crippen LogP contribution in [-0.4, -0.2) is 10.9 Å². The van der Waals surface area contributed by atoms with Gasteiger partial charge in [0.2, 0.25) is 11.5 Å². The molecule has 0 aliphatic rings. The van der Waals surface area contributed by atoms with Gasteiger partial charge in [-0.1, -0.05) is 41.9 Å². The quantitative estimate of drug-likeness (QED) is 0.720. The van der Waals surface area contributed by atoms with Crippen LogP contribution in [0.15, 0.2) is 71.7 Å². The molecule has 0 bridgehead atoms. The third kappa shape index (κ3) is 4.81. The van der Waals surface area contributed by atoms with Gasteiger partial charge >= 0.3 is 0 Å². The van der Waals surface area contributed by atoms with E-state index in [-0.39, 0.29) is 11.5 Å². The van der Waals surface area contributed by atoms with Crippen molar-refractivity contribution in [2.75, 3.05) is 5.32 Å². The Morgan fingerprint density at radius 1 is 1.00 bits per heavy atom. The van der Waals surface area contributed by atoms with Gasteiger partial charge in [-0.25, -0.2) is 0 Å². The van der Waals surface area contributed by atoms with E-state index in [1.165, 1.54) is 6.07 Å². The van der Waals surface area contributed by atoms with Crippen molar-refractivity contribution in [2.45, 2.75) is 12.8 Å². The molecule has 2 aromatic carbocycles. The summed E-state index contributed by atoms with van der Waals surface area (Å²) in [7, 11) is 0. The molecule has 3 rings (SSSR count). The minimum atomic E-state index is -0.119. The number of carbonyl (C=O) groups is 1. The van der Waals surface area contributed by atoms with E-state index in [2.05, 4.69) is 10.3 Å². The zero-order valence-electron chi connectivity index (χ0n) is 13.5. The Bertz CT molecular complexity index is 912. The summed E-state index contributed by atoms with van der Waals surface area (Å²) in [4.78, 5) is 25.8. The summed E-state index contributed by atoms with van der Waals surface area (Å²) < 4.78 is 0. The Labute approximate surface area is 150 Å². The van der Waals surface area contributed by atoms with Crippen LogP contribution < -0.4 is 10.9 Å². The van der Waals surface area contributed by atoms with Crippen LogP contribution in [0, 0.1) is 0 Å². The lowest BCUT2D eigenvalue weighted by atomic mass is 10.0. The largest absolute Gasteiger partial charge is 0.328 e. The van der Waals surface area contributed by atoms with Crippen molar-refractivity contribution >= 4 is 23.2 Å². The summed E-state index contributed by atoms with van der Waals surface area (Å²) >= 11 is 5.90. The van der Waals surface area contributed by atoms with Crippen LogP contribution in [0.4, 0.5) is 5.69 Å². The van der Waals surface area contributed by atoms with Gasteiger partial charge in [-0.15, -0.1) is 0 Å². The van der Waals surface area contributed by atoms with E-state index in [4.69, 9.17) is 11.6 Å². The first-order valence-electron chi connectivity index (χ1n) is 7.94. The van der Waals surface area contributed by atoms with E-state index in [0.717, 1.165) is 16.7 Å². The Morgan fingerprint density at radius 2 is 1.76 bits per heavy atom. The molecular formula is C20H17ClN2O2. The SMILES string of the molecule is O=C(CCc1ccc(-c2ccc(=O)[nH]c2)cc1)Nc1cccc(Cl)c1. The molecule has 4 nitrogen and oxygen atoms in total. The standard InChI is InChI=1S/C20H17ClN2O2/c21-17-2-1-3-18(12-17)23-20(25)10-6-14-4-7-15(8-5-14)16-9-11-19(24)22-13-16/h1-5,7-9,11-13H,6,10H2,(H,22,24)(H,23,25). The molecule has 0 saturated carbocycles. The fourth-order valence-corrected chi connectivity index (χ4v) is 2.69. The van der Waals surface area contributed by atoms with E-state index in [9.17, 15) is 9.59 Å². The maximum Gasteiger partial charge on any atom is 0.247 e. The molecule has 5 heteroatoms. The molecule has 0 saturated heterocycles. The van der Waals surface area contributed by atoms with Gasteiger partial charge < -0.3 is 10.3 Å². The average Bonchev–Trinajstić information content (AvgIpc) is 2.61. The van der Waals surface area contributed by atoms with Crippen molar-refractivity contribution in [1.82, 2.24) is 4.98 Å². The van der Waals surface area contributed by atoms with Crippen LogP contribution in [0.1, 0.15) is 12.0 Å². The molecule has 1 heterocycles. The molecule has 25 heavy (non-hydrogen) atoms. The monoisotopic (exact) mass is 352 g/mol. The van der Waals surface area contributed by atoms with Crippen LogP contribution in [0.3, 0.4) is 0 Å². The lowest BCUT2D eigenvalue weighted by molar-refractivity contribution is -0.116. The summed E-state index contributed by atoms with van der Waals surface area (Å²) in [5.41, 5.74) is 3.62. The number of pyridine rings is 1. The highest BCUT2D eigenvalue weighted by molar-refractivity contribution is 6.30. The summed E-state index contributed by atoms with van der Waals surface area (Å²) in [6, 6.07) is 18.3. The van der Waals surface area contributed by atoms with Gasteiger partial charge in [0.05, 0.1) is 0 Å². The molecular weight excluding hydrogens is 336 g/mol. The number of rotatable bonds is 5. The number of H-pyrrole nitrogens is 1. The summed E-state index contributed by atoms with van der Waals surface area (Å²) in [5.74, 6) is -0.0491. The van der Waals surface area contributed by atoms with Gasteiger partial charge in [0, 0.05) is 29.4 Å². The number of aryl methyl sites for hydroxylation is 1. The van der Waals surface area contributed by atoms with E-state index >= 15 is 0 Å². The second-order valence-electron chi connectivity index (χ2n) is 5.70. The van der Waals surface area contributed by atoms with Crippen molar-refractivity contribution in [2.24, 2.45) is 0 Å². The predicted molar refractivity (Wildman–Crippen MR) is 101 cm³/mol. The summed E-state index contributed by atoms with van der Waals surface area (Å²) in [6.45, 7) is 0. The van der Waals surface area contributed by atoms with Crippen LogP contribution in [0.2, 0.25) is 5.02 Å². The lowest BCUT2D eigenvalue weighted by Crippen LogP contribution is -2.12. The van der Waals surface area contributed by atoms with Crippen molar-refractivity contribution in [3.8, 4) is 11.1 Å². The number of hydrogen-bond acceptors (Lipinski definition) is 2. The maximum atomic E-state index is 12.0. The molecule has 0 spiro atoms. The number of carbonyl (C=O) groups excluding carboxylic acids is 1. The second kappa shape index (κ2) is 7.81.